The number of carbonyl (C=O) groups is 1. The van der Waals surface area contributed by atoms with E-state index >= 15 is 0 Å². The van der Waals surface area contributed by atoms with Crippen molar-refractivity contribution in [3.63, 3.8) is 0 Å². The lowest BCUT2D eigenvalue weighted by atomic mass is 10.3. The Labute approximate surface area is 54.5 Å². The van der Waals surface area contributed by atoms with E-state index in [4.69, 9.17) is 5.11 Å². The topological polar surface area (TPSA) is 37.3 Å². The first kappa shape index (κ1) is 7.95. The van der Waals surface area contributed by atoms with Crippen LogP contribution in [-0.2, 0) is 4.79 Å². The summed E-state index contributed by atoms with van der Waals surface area (Å²) in [4.78, 5) is 9.85. The van der Waals surface area contributed by atoms with E-state index in [2.05, 4.69) is 0 Å². The van der Waals surface area contributed by atoms with Crippen LogP contribution in [0.2, 0.25) is 0 Å². The van der Waals surface area contributed by atoms with Gasteiger partial charge in [0.1, 0.15) is 0 Å². The Morgan fingerprint density at radius 3 is 2.67 bits per heavy atom. The second-order valence-corrected chi connectivity index (χ2v) is 1.55. The lowest BCUT2D eigenvalue weighted by molar-refractivity contribution is -0.131. The third-order valence-corrected chi connectivity index (χ3v) is 0.768. The molecule has 0 aromatic heterocycles. The fourth-order valence-electron chi connectivity index (χ4n) is 0.384. The van der Waals surface area contributed by atoms with Crippen LogP contribution in [0.4, 0.5) is 0 Å². The standard InChI is InChI=1S/C7H10O2/c1-2-3-4-5-6-7(8)9/h2-3,5-6H,4H2,1H3,(H,8,9)/b3-2+,6-5-. The Bertz CT molecular complexity index is 134. The summed E-state index contributed by atoms with van der Waals surface area (Å²) in [6.45, 7) is 1.90. The highest BCUT2D eigenvalue weighted by Crippen LogP contribution is 1.84. The normalized spacial score (nSPS) is 11.2. The molecule has 0 spiro atoms. The molecule has 0 rings (SSSR count). The van der Waals surface area contributed by atoms with E-state index in [-0.39, 0.29) is 0 Å². The first-order chi connectivity index (χ1) is 4.27. The lowest BCUT2D eigenvalue weighted by Crippen LogP contribution is -1.84. The van der Waals surface area contributed by atoms with Crippen LogP contribution in [0.15, 0.2) is 24.3 Å². The third-order valence-electron chi connectivity index (χ3n) is 0.768. The molecule has 0 aliphatic heterocycles. The molecular weight excluding hydrogens is 116 g/mol. The number of carboxylic acid groups (broad SMARTS) is 1. The van der Waals surface area contributed by atoms with Gasteiger partial charge in [0.15, 0.2) is 0 Å². The van der Waals surface area contributed by atoms with Crippen molar-refractivity contribution in [2.24, 2.45) is 0 Å². The molecule has 2 nitrogen and oxygen atoms in total. The van der Waals surface area contributed by atoms with E-state index < -0.39 is 5.97 Å². The second-order valence-electron chi connectivity index (χ2n) is 1.55. The zero-order valence-electron chi connectivity index (χ0n) is 5.37. The van der Waals surface area contributed by atoms with Gasteiger partial charge in [-0.3, -0.25) is 0 Å². The molecule has 0 saturated carbocycles. The Morgan fingerprint density at radius 2 is 2.22 bits per heavy atom. The summed E-state index contributed by atoms with van der Waals surface area (Å²) < 4.78 is 0. The van der Waals surface area contributed by atoms with Crippen LogP contribution < -0.4 is 0 Å². The largest absolute Gasteiger partial charge is 0.478 e. The van der Waals surface area contributed by atoms with Crippen molar-refractivity contribution >= 4 is 5.97 Å². The zero-order chi connectivity index (χ0) is 7.11. The van der Waals surface area contributed by atoms with E-state index in [0.29, 0.717) is 6.42 Å². The van der Waals surface area contributed by atoms with Crippen molar-refractivity contribution in [3.8, 4) is 0 Å². The summed E-state index contributed by atoms with van der Waals surface area (Å²) >= 11 is 0. The van der Waals surface area contributed by atoms with Gasteiger partial charge < -0.3 is 5.11 Å². The van der Waals surface area contributed by atoms with Gasteiger partial charge in [-0.15, -0.1) is 0 Å². The molecule has 0 aliphatic carbocycles. The van der Waals surface area contributed by atoms with Gasteiger partial charge in [0.25, 0.3) is 0 Å². The van der Waals surface area contributed by atoms with Gasteiger partial charge in [0, 0.05) is 6.08 Å². The number of hydrogen-bond donors (Lipinski definition) is 1. The molecule has 0 unspecified atom stereocenters. The van der Waals surface area contributed by atoms with Crippen LogP contribution in [0, 0.1) is 0 Å². The molecule has 0 radical (unpaired) electrons. The monoisotopic (exact) mass is 126 g/mol. The van der Waals surface area contributed by atoms with E-state index in [1.54, 1.807) is 6.08 Å². The highest BCUT2D eigenvalue weighted by Gasteiger charge is 1.80. The Morgan fingerprint density at radius 1 is 1.56 bits per heavy atom. The summed E-state index contributed by atoms with van der Waals surface area (Å²) in [6, 6.07) is 0. The molecule has 50 valence electrons. The number of allylic oxidation sites excluding steroid dienone is 3. The van der Waals surface area contributed by atoms with E-state index in [1.807, 2.05) is 19.1 Å². The SMILES string of the molecule is C/C=C/C/C=C\C(=O)O. The number of aliphatic carboxylic acids is 1. The van der Waals surface area contributed by atoms with E-state index in [1.165, 1.54) is 0 Å². The van der Waals surface area contributed by atoms with Crippen molar-refractivity contribution in [2.45, 2.75) is 13.3 Å². The van der Waals surface area contributed by atoms with Gasteiger partial charge in [-0.05, 0) is 13.3 Å². The first-order valence-corrected chi connectivity index (χ1v) is 2.78. The van der Waals surface area contributed by atoms with Crippen LogP contribution >= 0.6 is 0 Å². The second kappa shape index (κ2) is 5.09. The molecule has 2 heteroatoms. The average Bonchev–Trinajstić information content (AvgIpc) is 1.80. The summed E-state index contributed by atoms with van der Waals surface area (Å²) in [6.07, 6.45) is 7.21. The smallest absolute Gasteiger partial charge is 0.327 e. The van der Waals surface area contributed by atoms with Crippen LogP contribution in [0.5, 0.6) is 0 Å². The Hall–Kier alpha value is -1.05. The maximum Gasteiger partial charge on any atom is 0.327 e. The van der Waals surface area contributed by atoms with Crippen molar-refractivity contribution < 1.29 is 9.90 Å². The van der Waals surface area contributed by atoms with Crippen molar-refractivity contribution in [2.75, 3.05) is 0 Å². The molecule has 0 aliphatic rings. The van der Waals surface area contributed by atoms with Crippen molar-refractivity contribution in [3.05, 3.63) is 24.3 Å². The average molecular weight is 126 g/mol. The fraction of sp³-hybridized carbons (Fsp3) is 0.286. The van der Waals surface area contributed by atoms with Gasteiger partial charge in [-0.1, -0.05) is 18.2 Å². The minimum atomic E-state index is -0.889. The summed E-state index contributed by atoms with van der Waals surface area (Å²) in [5.74, 6) is -0.889. The van der Waals surface area contributed by atoms with Gasteiger partial charge in [0.05, 0.1) is 0 Å². The molecule has 0 fully saturated rings. The Balaban J connectivity index is 3.36. The molecule has 0 saturated heterocycles. The third kappa shape index (κ3) is 6.95. The predicted octanol–water partition coefficient (Wildman–Crippen LogP) is 1.59. The van der Waals surface area contributed by atoms with Gasteiger partial charge in [-0.25, -0.2) is 4.79 Å². The van der Waals surface area contributed by atoms with Crippen LogP contribution in [0.1, 0.15) is 13.3 Å². The van der Waals surface area contributed by atoms with E-state index in [0.717, 1.165) is 6.08 Å². The molecule has 9 heavy (non-hydrogen) atoms. The molecule has 0 aromatic carbocycles. The summed E-state index contributed by atoms with van der Waals surface area (Å²) in [5.41, 5.74) is 0. The molecule has 0 atom stereocenters. The minimum absolute atomic E-state index is 0.697. The first-order valence-electron chi connectivity index (χ1n) is 2.78. The summed E-state index contributed by atoms with van der Waals surface area (Å²) in [7, 11) is 0. The van der Waals surface area contributed by atoms with Gasteiger partial charge >= 0.3 is 5.97 Å². The van der Waals surface area contributed by atoms with E-state index in [9.17, 15) is 4.79 Å². The summed E-state index contributed by atoms with van der Waals surface area (Å²) in [5, 5.41) is 8.10. The number of hydrogen-bond acceptors (Lipinski definition) is 1. The van der Waals surface area contributed by atoms with Crippen LogP contribution in [0.3, 0.4) is 0 Å². The van der Waals surface area contributed by atoms with Gasteiger partial charge in [-0.2, -0.15) is 0 Å². The highest BCUT2D eigenvalue weighted by atomic mass is 16.4. The van der Waals surface area contributed by atoms with Crippen LogP contribution in [-0.4, -0.2) is 11.1 Å². The fourth-order valence-corrected chi connectivity index (χ4v) is 0.384. The molecule has 0 heterocycles. The molecule has 0 aromatic rings. The van der Waals surface area contributed by atoms with Crippen molar-refractivity contribution in [1.29, 1.82) is 0 Å². The number of carboxylic acids is 1. The number of rotatable bonds is 3. The zero-order valence-corrected chi connectivity index (χ0v) is 5.37. The molecule has 0 bridgehead atoms. The molecule has 1 N–H and O–H groups in total. The Kier molecular flexibility index (Phi) is 4.50. The minimum Gasteiger partial charge on any atom is -0.478 e. The van der Waals surface area contributed by atoms with Crippen molar-refractivity contribution in [1.82, 2.24) is 0 Å². The molecule has 0 amide bonds. The maximum absolute atomic E-state index is 9.85. The predicted molar refractivity (Wildman–Crippen MR) is 36.2 cm³/mol. The van der Waals surface area contributed by atoms with Crippen LogP contribution in [0.25, 0.3) is 0 Å². The highest BCUT2D eigenvalue weighted by molar-refractivity contribution is 5.79. The van der Waals surface area contributed by atoms with Gasteiger partial charge in [0.2, 0.25) is 0 Å². The molecular formula is C7H10O2. The maximum atomic E-state index is 9.85. The quantitative estimate of drug-likeness (QED) is 0.460. The lowest BCUT2D eigenvalue weighted by Gasteiger charge is -1.77.